The lowest BCUT2D eigenvalue weighted by Gasteiger charge is -2.30. The summed E-state index contributed by atoms with van der Waals surface area (Å²) >= 11 is 1.47. The highest BCUT2D eigenvalue weighted by atomic mass is 32.2. The smallest absolute Gasteiger partial charge is 0.208 e. The molecule has 0 radical (unpaired) electrons. The molecule has 7 heteroatoms. The average molecular weight is 300 g/mol. The third-order valence-electron chi connectivity index (χ3n) is 3.37. The van der Waals surface area contributed by atoms with Crippen LogP contribution in [0.25, 0.3) is 0 Å². The Morgan fingerprint density at radius 3 is 2.15 bits per heavy atom. The van der Waals surface area contributed by atoms with Gasteiger partial charge in [0.1, 0.15) is 0 Å². The average Bonchev–Trinajstić information content (AvgIpc) is 2.47. The van der Waals surface area contributed by atoms with Gasteiger partial charge < -0.3 is 20.4 Å². The van der Waals surface area contributed by atoms with Crippen LogP contribution in [0.15, 0.2) is 4.99 Å². The van der Waals surface area contributed by atoms with Crippen molar-refractivity contribution in [3.8, 4) is 6.19 Å². The van der Waals surface area contributed by atoms with Crippen LogP contribution >= 0.6 is 11.8 Å². The van der Waals surface area contributed by atoms with Crippen LogP contribution in [0.5, 0.6) is 0 Å². The second-order valence-electron chi connectivity index (χ2n) is 4.90. The molecule has 2 saturated heterocycles. The van der Waals surface area contributed by atoms with E-state index in [0.29, 0.717) is 0 Å². The molecule has 0 bridgehead atoms. The number of rotatable bonds is 0. The number of hydrogen-bond acceptors (Lipinski definition) is 6. The maximum Gasteiger partial charge on any atom is 0.208 e. The Bertz CT molecular complexity index is 332. The van der Waals surface area contributed by atoms with Gasteiger partial charge in [-0.1, -0.05) is 11.8 Å². The Morgan fingerprint density at radius 1 is 1.20 bits per heavy atom. The van der Waals surface area contributed by atoms with Gasteiger partial charge in [0.2, 0.25) is 6.19 Å². The highest BCUT2D eigenvalue weighted by molar-refractivity contribution is 8.13. The third-order valence-corrected chi connectivity index (χ3v) is 4.09. The van der Waals surface area contributed by atoms with E-state index in [4.69, 9.17) is 10.4 Å². The first kappa shape index (κ1) is 17.2. The normalized spacial score (nSPS) is 21.9. The van der Waals surface area contributed by atoms with Gasteiger partial charge in [0.05, 0.1) is 12.2 Å². The van der Waals surface area contributed by atoms with Gasteiger partial charge in [-0.3, -0.25) is 0 Å². The standard InChI is InChI=1S/C8H13N3OS.C5H11NO/c1-13-8(10-6-9)11-4-2-7(12)3-5-11;7-5-1-3-6-4-2-5/h7,12H,2-5H2,1H3;5-7H,1-4H2. The van der Waals surface area contributed by atoms with E-state index in [-0.39, 0.29) is 12.2 Å². The molecular weight excluding hydrogens is 276 g/mol. The molecule has 6 nitrogen and oxygen atoms in total. The van der Waals surface area contributed by atoms with E-state index in [9.17, 15) is 5.11 Å². The number of aliphatic hydroxyl groups excluding tert-OH is 2. The number of hydrogen-bond donors (Lipinski definition) is 3. The molecule has 114 valence electrons. The summed E-state index contributed by atoms with van der Waals surface area (Å²) in [4.78, 5) is 5.76. The van der Waals surface area contributed by atoms with Crippen LogP contribution in [-0.2, 0) is 0 Å². The molecule has 0 atom stereocenters. The highest BCUT2D eigenvalue weighted by Gasteiger charge is 2.19. The Kier molecular flexibility index (Phi) is 8.62. The lowest BCUT2D eigenvalue weighted by atomic mass is 10.1. The van der Waals surface area contributed by atoms with Gasteiger partial charge in [-0.05, 0) is 45.0 Å². The lowest BCUT2D eigenvalue weighted by Crippen LogP contribution is -2.38. The zero-order valence-corrected chi connectivity index (χ0v) is 12.8. The topological polar surface area (TPSA) is 91.9 Å². The minimum atomic E-state index is -0.179. The molecule has 0 amide bonds. The van der Waals surface area contributed by atoms with Crippen molar-refractivity contribution in [3.63, 3.8) is 0 Å². The van der Waals surface area contributed by atoms with Crippen molar-refractivity contribution in [1.82, 2.24) is 10.2 Å². The number of aliphatic hydroxyl groups is 2. The van der Waals surface area contributed by atoms with Gasteiger partial charge in [-0.2, -0.15) is 5.26 Å². The van der Waals surface area contributed by atoms with Crippen molar-refractivity contribution in [1.29, 1.82) is 5.26 Å². The number of aliphatic imine (C=N–C) groups is 1. The van der Waals surface area contributed by atoms with Gasteiger partial charge in [0, 0.05) is 13.1 Å². The summed E-state index contributed by atoms with van der Waals surface area (Å²) in [6, 6.07) is 0. The molecule has 0 aliphatic carbocycles. The van der Waals surface area contributed by atoms with Crippen LogP contribution in [0.4, 0.5) is 0 Å². The van der Waals surface area contributed by atoms with Crippen molar-refractivity contribution in [3.05, 3.63) is 0 Å². The van der Waals surface area contributed by atoms with E-state index in [2.05, 4.69) is 10.3 Å². The van der Waals surface area contributed by atoms with Crippen molar-refractivity contribution in [2.45, 2.75) is 37.9 Å². The van der Waals surface area contributed by atoms with Gasteiger partial charge in [0.25, 0.3) is 0 Å². The van der Waals surface area contributed by atoms with Crippen molar-refractivity contribution in [2.24, 2.45) is 4.99 Å². The number of nitrogens with zero attached hydrogens (tertiary/aromatic N) is 3. The number of nitrogens with one attached hydrogen (secondary N) is 1. The predicted molar refractivity (Wildman–Crippen MR) is 81.5 cm³/mol. The largest absolute Gasteiger partial charge is 0.393 e. The zero-order valence-electron chi connectivity index (χ0n) is 12.0. The summed E-state index contributed by atoms with van der Waals surface area (Å²) < 4.78 is 0. The van der Waals surface area contributed by atoms with Gasteiger partial charge in [0.15, 0.2) is 5.17 Å². The minimum Gasteiger partial charge on any atom is -0.393 e. The van der Waals surface area contributed by atoms with Crippen molar-refractivity contribution >= 4 is 16.9 Å². The number of likely N-dealkylation sites (tertiary alicyclic amines) is 1. The molecule has 0 saturated carbocycles. The molecule has 3 N–H and O–H groups in total. The first-order chi connectivity index (χ1) is 9.67. The van der Waals surface area contributed by atoms with E-state index < -0.39 is 0 Å². The number of thioether (sulfide) groups is 1. The first-order valence-corrected chi connectivity index (χ1v) is 8.22. The highest BCUT2D eigenvalue weighted by Crippen LogP contribution is 2.14. The van der Waals surface area contributed by atoms with Gasteiger partial charge in [-0.15, -0.1) is 4.99 Å². The van der Waals surface area contributed by atoms with Crippen molar-refractivity contribution < 1.29 is 10.2 Å². The van der Waals surface area contributed by atoms with Gasteiger partial charge >= 0.3 is 0 Å². The molecule has 0 aromatic carbocycles. The fourth-order valence-corrected chi connectivity index (χ4v) is 2.72. The van der Waals surface area contributed by atoms with E-state index in [0.717, 1.165) is 57.0 Å². The fraction of sp³-hybridized carbons (Fsp3) is 0.846. The molecule has 2 rings (SSSR count). The van der Waals surface area contributed by atoms with E-state index in [1.165, 1.54) is 11.8 Å². The minimum absolute atomic E-state index is 0.0266. The quantitative estimate of drug-likeness (QED) is 0.340. The van der Waals surface area contributed by atoms with Gasteiger partial charge in [-0.25, -0.2) is 0 Å². The van der Waals surface area contributed by atoms with Crippen LogP contribution in [0.1, 0.15) is 25.7 Å². The number of amidine groups is 1. The van der Waals surface area contributed by atoms with Crippen LogP contribution in [0, 0.1) is 11.5 Å². The molecule has 2 aliphatic heterocycles. The number of piperidine rings is 2. The second kappa shape index (κ2) is 10.00. The third kappa shape index (κ3) is 6.57. The number of nitriles is 1. The molecular formula is C13H24N4O2S. The Morgan fingerprint density at radius 2 is 1.75 bits per heavy atom. The molecule has 0 aromatic rings. The van der Waals surface area contributed by atoms with Crippen LogP contribution in [0.3, 0.4) is 0 Å². The van der Waals surface area contributed by atoms with Crippen LogP contribution in [-0.4, -0.2) is 64.9 Å². The van der Waals surface area contributed by atoms with E-state index in [1.54, 1.807) is 6.19 Å². The zero-order chi connectivity index (χ0) is 14.8. The summed E-state index contributed by atoms with van der Waals surface area (Å²) in [5.74, 6) is 0. The van der Waals surface area contributed by atoms with Crippen LogP contribution in [0.2, 0.25) is 0 Å². The van der Waals surface area contributed by atoms with Crippen molar-refractivity contribution in [2.75, 3.05) is 32.4 Å². The van der Waals surface area contributed by atoms with E-state index >= 15 is 0 Å². The first-order valence-electron chi connectivity index (χ1n) is 7.00. The summed E-state index contributed by atoms with van der Waals surface area (Å²) in [6.07, 6.45) is 6.89. The fourth-order valence-electron chi connectivity index (χ4n) is 2.15. The molecule has 0 spiro atoms. The lowest BCUT2D eigenvalue weighted by molar-refractivity contribution is 0.110. The van der Waals surface area contributed by atoms with Crippen LogP contribution < -0.4 is 5.32 Å². The maximum absolute atomic E-state index is 9.27. The molecule has 0 unspecified atom stereocenters. The molecule has 2 fully saturated rings. The Balaban J connectivity index is 0.000000240. The molecule has 2 aliphatic rings. The molecule has 2 heterocycles. The van der Waals surface area contributed by atoms with E-state index in [1.807, 2.05) is 11.2 Å². The summed E-state index contributed by atoms with van der Waals surface area (Å²) in [5, 5.41) is 30.5. The summed E-state index contributed by atoms with van der Waals surface area (Å²) in [5.41, 5.74) is 0. The maximum atomic E-state index is 9.27. The SMILES string of the molecule is CSC(=NC#N)N1CCC(O)CC1.OC1CCNCC1. The monoisotopic (exact) mass is 300 g/mol. The second-order valence-corrected chi connectivity index (χ2v) is 5.67. The molecule has 0 aromatic heterocycles. The summed E-state index contributed by atoms with van der Waals surface area (Å²) in [6.45, 7) is 3.56. The Hall–Kier alpha value is -0.810. The molecule has 20 heavy (non-hydrogen) atoms. The summed E-state index contributed by atoms with van der Waals surface area (Å²) in [7, 11) is 0. The predicted octanol–water partition coefficient (Wildman–Crippen LogP) is 0.374. The Labute approximate surface area is 124 Å².